The Morgan fingerprint density at radius 3 is 2.30 bits per heavy atom. The first-order valence-corrected chi connectivity index (χ1v) is 10.7. The van der Waals surface area contributed by atoms with Crippen molar-refractivity contribution in [2.45, 2.75) is 26.9 Å². The van der Waals surface area contributed by atoms with Gasteiger partial charge in [-0.3, -0.25) is 9.59 Å². The van der Waals surface area contributed by atoms with Crippen LogP contribution in [0.25, 0.3) is 0 Å². The molecule has 0 aliphatic carbocycles. The fourth-order valence-electron chi connectivity index (χ4n) is 3.61. The summed E-state index contributed by atoms with van der Waals surface area (Å²) in [7, 11) is 0. The average Bonchev–Trinajstić information content (AvgIpc) is 3.38. The number of aryl methyl sites for hydroxylation is 1. The Bertz CT molecular complexity index is 1170. The van der Waals surface area contributed by atoms with Gasteiger partial charge in [0.05, 0.1) is 6.54 Å². The third kappa shape index (κ3) is 4.16. The Labute approximate surface area is 180 Å². The first-order valence-electron chi connectivity index (χ1n) is 9.84. The molecule has 0 atom stereocenters. The second kappa shape index (κ2) is 8.59. The number of thiophene rings is 1. The zero-order chi connectivity index (χ0) is 21.1. The number of hydrogen-bond acceptors (Lipinski definition) is 3. The van der Waals surface area contributed by atoms with Crippen LogP contribution in [0.3, 0.4) is 0 Å². The first-order chi connectivity index (χ1) is 14.5. The number of aromatic nitrogens is 2. The van der Waals surface area contributed by atoms with Gasteiger partial charge in [-0.25, -0.2) is 0 Å². The predicted octanol–water partition coefficient (Wildman–Crippen LogP) is 4.62. The molecule has 0 spiro atoms. The standard InChI is InChI=1S/C25H23N2O2S/c1-18-15-23(19(2)27(18)16-22-9-6-14-30-22)24(28)17-26-12-10-21(11-13-26)25(29)20-7-4-3-5-8-20/h3-15H,16-17H2,1-2H3/q+1. The fraction of sp³-hybridized carbons (Fsp3) is 0.160. The summed E-state index contributed by atoms with van der Waals surface area (Å²) in [6.45, 7) is 5.06. The third-order valence-corrected chi connectivity index (χ3v) is 6.14. The van der Waals surface area contributed by atoms with Crippen LogP contribution in [0.2, 0.25) is 0 Å². The maximum Gasteiger partial charge on any atom is 0.229 e. The summed E-state index contributed by atoms with van der Waals surface area (Å²) < 4.78 is 4.00. The van der Waals surface area contributed by atoms with Crippen molar-refractivity contribution < 1.29 is 14.2 Å². The lowest BCUT2D eigenvalue weighted by molar-refractivity contribution is -0.683. The van der Waals surface area contributed by atoms with Crippen LogP contribution in [0.1, 0.15) is 42.5 Å². The molecule has 0 saturated carbocycles. The summed E-state index contributed by atoms with van der Waals surface area (Å²) in [5.74, 6) is 0.0406. The van der Waals surface area contributed by atoms with E-state index in [0.717, 1.165) is 23.5 Å². The highest BCUT2D eigenvalue weighted by Crippen LogP contribution is 2.20. The molecule has 30 heavy (non-hydrogen) atoms. The number of Topliss-reactive ketones (excluding diaryl/α,β-unsaturated/α-hetero) is 1. The molecule has 4 rings (SSSR count). The van der Waals surface area contributed by atoms with Crippen molar-refractivity contribution in [3.05, 3.63) is 111 Å². The quantitative estimate of drug-likeness (QED) is 0.327. The minimum atomic E-state index is -0.0220. The smallest absolute Gasteiger partial charge is 0.229 e. The molecular weight excluding hydrogens is 392 g/mol. The Kier molecular flexibility index (Phi) is 5.72. The van der Waals surface area contributed by atoms with Crippen molar-refractivity contribution in [2.24, 2.45) is 0 Å². The Hall–Kier alpha value is -3.31. The lowest BCUT2D eigenvalue weighted by atomic mass is 10.0. The minimum Gasteiger partial charge on any atom is -0.343 e. The molecule has 5 heteroatoms. The highest BCUT2D eigenvalue weighted by Gasteiger charge is 2.20. The number of benzene rings is 1. The average molecular weight is 416 g/mol. The fourth-order valence-corrected chi connectivity index (χ4v) is 4.30. The van der Waals surface area contributed by atoms with Crippen LogP contribution < -0.4 is 4.57 Å². The molecule has 0 N–H and O–H groups in total. The summed E-state index contributed by atoms with van der Waals surface area (Å²) in [4.78, 5) is 26.8. The van der Waals surface area contributed by atoms with E-state index in [0.29, 0.717) is 11.1 Å². The second-order valence-corrected chi connectivity index (χ2v) is 8.36. The van der Waals surface area contributed by atoms with Gasteiger partial charge in [0.2, 0.25) is 12.3 Å². The molecule has 0 fully saturated rings. The summed E-state index contributed by atoms with van der Waals surface area (Å²) in [5.41, 5.74) is 4.09. The van der Waals surface area contributed by atoms with E-state index in [1.54, 1.807) is 48.0 Å². The number of pyridine rings is 1. The van der Waals surface area contributed by atoms with Crippen LogP contribution in [-0.2, 0) is 13.1 Å². The van der Waals surface area contributed by atoms with Crippen molar-refractivity contribution >= 4 is 22.9 Å². The molecule has 0 unspecified atom stereocenters. The van der Waals surface area contributed by atoms with Gasteiger partial charge in [-0.1, -0.05) is 36.4 Å². The number of nitrogens with zero attached hydrogens (tertiary/aromatic N) is 2. The summed E-state index contributed by atoms with van der Waals surface area (Å²) >= 11 is 1.72. The van der Waals surface area contributed by atoms with Crippen molar-refractivity contribution in [3.8, 4) is 0 Å². The van der Waals surface area contributed by atoms with E-state index in [2.05, 4.69) is 16.0 Å². The van der Waals surface area contributed by atoms with E-state index in [4.69, 9.17) is 0 Å². The van der Waals surface area contributed by atoms with Crippen molar-refractivity contribution in [2.75, 3.05) is 0 Å². The number of rotatable bonds is 7. The van der Waals surface area contributed by atoms with Crippen LogP contribution in [0.5, 0.6) is 0 Å². The van der Waals surface area contributed by atoms with Gasteiger partial charge in [0.1, 0.15) is 0 Å². The van der Waals surface area contributed by atoms with E-state index in [1.807, 2.05) is 48.7 Å². The highest BCUT2D eigenvalue weighted by atomic mass is 32.1. The molecule has 150 valence electrons. The first kappa shape index (κ1) is 20.0. The van der Waals surface area contributed by atoms with Gasteiger partial charge in [-0.15, -0.1) is 11.3 Å². The van der Waals surface area contributed by atoms with Gasteiger partial charge in [0.25, 0.3) is 0 Å². The second-order valence-electron chi connectivity index (χ2n) is 7.33. The molecule has 0 saturated heterocycles. The molecule has 1 aromatic carbocycles. The zero-order valence-electron chi connectivity index (χ0n) is 17.0. The van der Waals surface area contributed by atoms with Gasteiger partial charge in [0.15, 0.2) is 18.2 Å². The molecule has 0 aliphatic heterocycles. The van der Waals surface area contributed by atoms with Gasteiger partial charge < -0.3 is 4.57 Å². The molecule has 0 aliphatic rings. The van der Waals surface area contributed by atoms with Gasteiger partial charge in [-0.2, -0.15) is 4.57 Å². The van der Waals surface area contributed by atoms with Crippen molar-refractivity contribution in [3.63, 3.8) is 0 Å². The Morgan fingerprint density at radius 2 is 1.63 bits per heavy atom. The SMILES string of the molecule is Cc1cc(C(=O)C[n+]2ccc(C(=O)c3ccccc3)cc2)c(C)n1Cc1cccs1. The van der Waals surface area contributed by atoms with E-state index in [9.17, 15) is 9.59 Å². The van der Waals surface area contributed by atoms with Crippen LogP contribution in [-0.4, -0.2) is 16.1 Å². The van der Waals surface area contributed by atoms with Crippen LogP contribution in [0.15, 0.2) is 78.4 Å². The van der Waals surface area contributed by atoms with Crippen molar-refractivity contribution in [1.29, 1.82) is 0 Å². The van der Waals surface area contributed by atoms with Crippen LogP contribution in [0, 0.1) is 13.8 Å². The lowest BCUT2D eigenvalue weighted by Crippen LogP contribution is -2.37. The summed E-state index contributed by atoms with van der Waals surface area (Å²) in [6, 6.07) is 18.9. The molecule has 4 nitrogen and oxygen atoms in total. The van der Waals surface area contributed by atoms with Gasteiger partial charge in [-0.05, 0) is 31.4 Å². The summed E-state index contributed by atoms with van der Waals surface area (Å²) in [6.07, 6.45) is 3.58. The maximum absolute atomic E-state index is 12.9. The summed E-state index contributed by atoms with van der Waals surface area (Å²) in [5, 5.41) is 2.07. The predicted molar refractivity (Wildman–Crippen MR) is 118 cm³/mol. The van der Waals surface area contributed by atoms with E-state index < -0.39 is 0 Å². The molecule has 3 heterocycles. The van der Waals surface area contributed by atoms with E-state index >= 15 is 0 Å². The van der Waals surface area contributed by atoms with Crippen LogP contribution in [0.4, 0.5) is 0 Å². The molecule has 0 bridgehead atoms. The maximum atomic E-state index is 12.9. The topological polar surface area (TPSA) is 42.9 Å². The van der Waals surface area contributed by atoms with Gasteiger partial charge in [0, 0.05) is 45.1 Å². The Balaban J connectivity index is 1.48. The highest BCUT2D eigenvalue weighted by molar-refractivity contribution is 7.09. The number of hydrogen-bond donors (Lipinski definition) is 0. The molecule has 3 aromatic heterocycles. The minimum absolute atomic E-state index is 0.0220. The zero-order valence-corrected chi connectivity index (χ0v) is 17.9. The Morgan fingerprint density at radius 1 is 0.933 bits per heavy atom. The van der Waals surface area contributed by atoms with Crippen LogP contribution >= 0.6 is 11.3 Å². The number of ketones is 2. The van der Waals surface area contributed by atoms with E-state index in [1.165, 1.54) is 4.88 Å². The number of carbonyl (C=O) groups is 2. The molecular formula is C25H23N2O2S+. The normalized spacial score (nSPS) is 10.9. The van der Waals surface area contributed by atoms with E-state index in [-0.39, 0.29) is 18.1 Å². The molecule has 0 amide bonds. The molecule has 4 aromatic rings. The molecule has 0 radical (unpaired) electrons. The number of carbonyl (C=O) groups excluding carboxylic acids is 2. The lowest BCUT2D eigenvalue weighted by Gasteiger charge is -2.08. The largest absolute Gasteiger partial charge is 0.343 e. The third-order valence-electron chi connectivity index (χ3n) is 5.28. The monoisotopic (exact) mass is 415 g/mol. The van der Waals surface area contributed by atoms with Crippen molar-refractivity contribution in [1.82, 2.24) is 4.57 Å². The van der Waals surface area contributed by atoms with Gasteiger partial charge >= 0.3 is 0 Å².